The summed E-state index contributed by atoms with van der Waals surface area (Å²) in [6.07, 6.45) is 4.77. The van der Waals surface area contributed by atoms with E-state index in [-0.39, 0.29) is 5.91 Å². The van der Waals surface area contributed by atoms with Gasteiger partial charge in [0.25, 0.3) is 0 Å². The first-order valence-electron chi connectivity index (χ1n) is 6.43. The van der Waals surface area contributed by atoms with Crippen LogP contribution in [0.5, 0.6) is 0 Å². The van der Waals surface area contributed by atoms with Crippen molar-refractivity contribution in [2.24, 2.45) is 5.92 Å². The van der Waals surface area contributed by atoms with E-state index in [9.17, 15) is 4.79 Å². The van der Waals surface area contributed by atoms with E-state index in [0.29, 0.717) is 5.92 Å². The number of carbonyl (C=O) groups excluding carboxylic acids is 1. The highest BCUT2D eigenvalue weighted by atomic mass is 16.2. The predicted molar refractivity (Wildman–Crippen MR) is 70.3 cm³/mol. The molecule has 5 heteroatoms. The predicted octanol–water partition coefficient (Wildman–Crippen LogP) is 1.32. The zero-order chi connectivity index (χ0) is 13.0. The van der Waals surface area contributed by atoms with Crippen LogP contribution < -0.4 is 5.32 Å². The topological polar surface area (TPSA) is 58.1 Å². The fourth-order valence-corrected chi connectivity index (χ4v) is 2.46. The highest BCUT2D eigenvalue weighted by Gasteiger charge is 2.22. The summed E-state index contributed by atoms with van der Waals surface area (Å²) in [6, 6.07) is 1.98. The quantitative estimate of drug-likeness (QED) is 0.876. The van der Waals surface area contributed by atoms with E-state index in [1.54, 1.807) is 13.3 Å². The maximum atomic E-state index is 11.4. The molecule has 0 saturated carbocycles. The van der Waals surface area contributed by atoms with E-state index >= 15 is 0 Å². The summed E-state index contributed by atoms with van der Waals surface area (Å²) < 4.78 is 0. The minimum absolute atomic E-state index is 0.179. The van der Waals surface area contributed by atoms with Gasteiger partial charge in [-0.3, -0.25) is 4.79 Å². The molecule has 2 heterocycles. The van der Waals surface area contributed by atoms with Crippen molar-refractivity contribution >= 4 is 11.7 Å². The lowest BCUT2D eigenvalue weighted by atomic mass is 9.93. The number of piperidine rings is 1. The van der Waals surface area contributed by atoms with Gasteiger partial charge in [-0.25, -0.2) is 9.97 Å². The summed E-state index contributed by atoms with van der Waals surface area (Å²) in [5.74, 6) is 1.54. The van der Waals surface area contributed by atoms with Crippen molar-refractivity contribution < 1.29 is 4.79 Å². The second kappa shape index (κ2) is 5.80. The minimum atomic E-state index is 0.179. The SMILES string of the molecule is CNc1cc(C[C@@H]2CCCN(C(C)=O)C2)ncn1. The number of carbonyl (C=O) groups is 1. The molecule has 2 rings (SSSR count). The summed E-state index contributed by atoms with van der Waals surface area (Å²) in [6.45, 7) is 3.40. The molecule has 1 N–H and O–H groups in total. The molecule has 1 atom stereocenters. The number of nitrogens with zero attached hydrogens (tertiary/aromatic N) is 3. The first-order valence-corrected chi connectivity index (χ1v) is 6.43. The van der Waals surface area contributed by atoms with E-state index in [1.165, 1.54) is 6.42 Å². The van der Waals surface area contributed by atoms with Crippen LogP contribution in [0.1, 0.15) is 25.5 Å². The highest BCUT2D eigenvalue weighted by Crippen LogP contribution is 2.20. The molecule has 1 amide bonds. The van der Waals surface area contributed by atoms with E-state index in [0.717, 1.165) is 37.4 Å². The fraction of sp³-hybridized carbons (Fsp3) is 0.615. The molecule has 1 aromatic heterocycles. The smallest absolute Gasteiger partial charge is 0.219 e. The van der Waals surface area contributed by atoms with Gasteiger partial charge in [0, 0.05) is 38.8 Å². The van der Waals surface area contributed by atoms with E-state index in [1.807, 2.05) is 18.0 Å². The zero-order valence-electron chi connectivity index (χ0n) is 11.0. The normalized spacial score (nSPS) is 19.7. The lowest BCUT2D eigenvalue weighted by Crippen LogP contribution is -2.39. The molecule has 0 aromatic carbocycles. The molecule has 0 bridgehead atoms. The summed E-state index contributed by atoms with van der Waals surface area (Å²) >= 11 is 0. The Morgan fingerprint density at radius 2 is 2.39 bits per heavy atom. The third-order valence-electron chi connectivity index (χ3n) is 3.44. The Morgan fingerprint density at radius 3 is 3.11 bits per heavy atom. The van der Waals surface area contributed by atoms with Crippen LogP contribution in [-0.4, -0.2) is 40.9 Å². The van der Waals surface area contributed by atoms with Gasteiger partial charge in [0.2, 0.25) is 5.91 Å². The van der Waals surface area contributed by atoms with Crippen molar-refractivity contribution in [3.8, 4) is 0 Å². The van der Waals surface area contributed by atoms with Crippen molar-refractivity contribution in [1.82, 2.24) is 14.9 Å². The second-order valence-corrected chi connectivity index (χ2v) is 4.82. The molecular weight excluding hydrogens is 228 g/mol. The number of hydrogen-bond acceptors (Lipinski definition) is 4. The van der Waals surface area contributed by atoms with Crippen molar-refractivity contribution in [2.75, 3.05) is 25.5 Å². The fourth-order valence-electron chi connectivity index (χ4n) is 2.46. The van der Waals surface area contributed by atoms with Gasteiger partial charge in [0.15, 0.2) is 0 Å². The van der Waals surface area contributed by atoms with Crippen molar-refractivity contribution in [1.29, 1.82) is 0 Å². The number of anilines is 1. The van der Waals surface area contributed by atoms with Crippen LogP contribution in [-0.2, 0) is 11.2 Å². The molecule has 0 spiro atoms. The number of nitrogens with one attached hydrogen (secondary N) is 1. The molecule has 0 aliphatic carbocycles. The molecule has 98 valence electrons. The first kappa shape index (κ1) is 12.8. The molecule has 1 saturated heterocycles. The molecule has 18 heavy (non-hydrogen) atoms. The molecule has 5 nitrogen and oxygen atoms in total. The molecule has 1 aliphatic rings. The average molecular weight is 248 g/mol. The summed E-state index contributed by atoms with van der Waals surface area (Å²) in [4.78, 5) is 21.7. The highest BCUT2D eigenvalue weighted by molar-refractivity contribution is 5.73. The Kier molecular flexibility index (Phi) is 4.12. The Hall–Kier alpha value is -1.65. The summed E-state index contributed by atoms with van der Waals surface area (Å²) in [5, 5.41) is 3.02. The summed E-state index contributed by atoms with van der Waals surface area (Å²) in [5.41, 5.74) is 1.05. The first-order chi connectivity index (χ1) is 8.69. The van der Waals surface area contributed by atoms with Crippen LogP contribution in [0.25, 0.3) is 0 Å². The Bertz CT molecular complexity index is 421. The van der Waals surface area contributed by atoms with Gasteiger partial charge < -0.3 is 10.2 Å². The molecule has 1 fully saturated rings. The Balaban J connectivity index is 1.97. The van der Waals surface area contributed by atoms with E-state index < -0.39 is 0 Å². The van der Waals surface area contributed by atoms with E-state index in [2.05, 4.69) is 15.3 Å². The van der Waals surface area contributed by atoms with Crippen LogP contribution >= 0.6 is 0 Å². The maximum Gasteiger partial charge on any atom is 0.219 e. The van der Waals surface area contributed by atoms with Gasteiger partial charge in [-0.2, -0.15) is 0 Å². The monoisotopic (exact) mass is 248 g/mol. The molecule has 0 unspecified atom stereocenters. The number of amides is 1. The van der Waals surface area contributed by atoms with Gasteiger partial charge in [0.05, 0.1) is 0 Å². The summed E-state index contributed by atoms with van der Waals surface area (Å²) in [7, 11) is 1.85. The van der Waals surface area contributed by atoms with Crippen molar-refractivity contribution in [3.63, 3.8) is 0 Å². The molecule has 1 aromatic rings. The molecule has 1 aliphatic heterocycles. The number of likely N-dealkylation sites (tertiary alicyclic amines) is 1. The number of rotatable bonds is 3. The zero-order valence-corrected chi connectivity index (χ0v) is 11.0. The lowest BCUT2D eigenvalue weighted by Gasteiger charge is -2.31. The second-order valence-electron chi connectivity index (χ2n) is 4.82. The van der Waals surface area contributed by atoms with Crippen LogP contribution in [0.15, 0.2) is 12.4 Å². The van der Waals surface area contributed by atoms with Crippen LogP contribution in [0.3, 0.4) is 0 Å². The minimum Gasteiger partial charge on any atom is -0.373 e. The maximum absolute atomic E-state index is 11.4. The van der Waals surface area contributed by atoms with Crippen molar-refractivity contribution in [3.05, 3.63) is 18.1 Å². The Morgan fingerprint density at radius 1 is 1.56 bits per heavy atom. The molecular formula is C13H20N4O. The average Bonchev–Trinajstić information content (AvgIpc) is 2.39. The van der Waals surface area contributed by atoms with Gasteiger partial charge in [0.1, 0.15) is 12.1 Å². The van der Waals surface area contributed by atoms with E-state index in [4.69, 9.17) is 0 Å². The van der Waals surface area contributed by atoms with Gasteiger partial charge in [-0.15, -0.1) is 0 Å². The van der Waals surface area contributed by atoms with Gasteiger partial charge in [-0.1, -0.05) is 0 Å². The van der Waals surface area contributed by atoms with Crippen LogP contribution in [0.2, 0.25) is 0 Å². The lowest BCUT2D eigenvalue weighted by molar-refractivity contribution is -0.130. The van der Waals surface area contributed by atoms with Gasteiger partial charge in [-0.05, 0) is 25.2 Å². The standard InChI is InChI=1S/C13H20N4O/c1-10(18)17-5-3-4-11(8-17)6-12-7-13(14-2)16-9-15-12/h7,9,11H,3-6,8H2,1-2H3,(H,14,15,16)/t11-/m0/s1. The third kappa shape index (κ3) is 3.18. The van der Waals surface area contributed by atoms with Crippen molar-refractivity contribution in [2.45, 2.75) is 26.2 Å². The largest absolute Gasteiger partial charge is 0.373 e. The third-order valence-corrected chi connectivity index (χ3v) is 3.44. The molecule has 0 radical (unpaired) electrons. The van der Waals surface area contributed by atoms with Gasteiger partial charge >= 0.3 is 0 Å². The van der Waals surface area contributed by atoms with Crippen LogP contribution in [0, 0.1) is 5.92 Å². The van der Waals surface area contributed by atoms with Crippen LogP contribution in [0.4, 0.5) is 5.82 Å². The number of hydrogen-bond donors (Lipinski definition) is 1. The number of aromatic nitrogens is 2. The Labute approximate surface area is 108 Å².